The van der Waals surface area contributed by atoms with Gasteiger partial charge in [-0.05, 0) is 44.9 Å². The van der Waals surface area contributed by atoms with Crippen LogP contribution in [0.5, 0.6) is 0 Å². The zero-order chi connectivity index (χ0) is 14.1. The lowest BCUT2D eigenvalue weighted by Crippen LogP contribution is -2.23. The molecule has 0 saturated carbocycles. The van der Waals surface area contributed by atoms with Gasteiger partial charge in [-0.1, -0.05) is 6.07 Å². The van der Waals surface area contributed by atoms with Crippen molar-refractivity contribution in [3.05, 3.63) is 47.0 Å². The van der Waals surface area contributed by atoms with Crippen molar-refractivity contribution < 1.29 is 0 Å². The van der Waals surface area contributed by atoms with Crippen molar-refractivity contribution in [2.45, 2.75) is 39.3 Å². The van der Waals surface area contributed by atoms with Crippen molar-refractivity contribution in [2.75, 3.05) is 6.54 Å². The van der Waals surface area contributed by atoms with Crippen molar-refractivity contribution >= 4 is 0 Å². The van der Waals surface area contributed by atoms with Crippen LogP contribution in [-0.2, 0) is 13.6 Å². The Morgan fingerprint density at radius 3 is 2.85 bits per heavy atom. The van der Waals surface area contributed by atoms with Crippen LogP contribution in [0.15, 0.2) is 24.5 Å². The van der Waals surface area contributed by atoms with Crippen LogP contribution in [0.4, 0.5) is 0 Å². The van der Waals surface area contributed by atoms with Crippen molar-refractivity contribution in [1.82, 2.24) is 19.7 Å². The van der Waals surface area contributed by atoms with Crippen molar-refractivity contribution in [2.24, 2.45) is 7.05 Å². The number of rotatable bonds is 3. The minimum atomic E-state index is 0.503. The number of likely N-dealkylation sites (tertiary alicyclic amines) is 1. The number of hydrogen-bond acceptors (Lipinski definition) is 3. The monoisotopic (exact) mass is 270 g/mol. The minimum absolute atomic E-state index is 0.503. The Hall–Kier alpha value is -1.68. The lowest BCUT2D eigenvalue weighted by atomic mass is 10.1. The molecule has 1 aliphatic heterocycles. The van der Waals surface area contributed by atoms with E-state index in [1.165, 1.54) is 29.7 Å². The minimum Gasteiger partial charge on any atom is -0.292 e. The van der Waals surface area contributed by atoms with Gasteiger partial charge in [0.05, 0.1) is 5.69 Å². The molecule has 0 spiro atoms. The molecule has 1 atom stereocenters. The Bertz CT molecular complexity index is 588. The van der Waals surface area contributed by atoms with Crippen LogP contribution in [0.25, 0.3) is 0 Å². The Balaban J connectivity index is 1.83. The molecule has 0 N–H and O–H groups in total. The van der Waals surface area contributed by atoms with Gasteiger partial charge in [-0.3, -0.25) is 14.6 Å². The van der Waals surface area contributed by atoms with Crippen LogP contribution >= 0.6 is 0 Å². The summed E-state index contributed by atoms with van der Waals surface area (Å²) < 4.78 is 1.99. The molecule has 3 heterocycles. The predicted molar refractivity (Wildman–Crippen MR) is 79.3 cm³/mol. The van der Waals surface area contributed by atoms with E-state index in [4.69, 9.17) is 0 Å². The second-order valence-electron chi connectivity index (χ2n) is 5.69. The van der Waals surface area contributed by atoms with Gasteiger partial charge >= 0.3 is 0 Å². The van der Waals surface area contributed by atoms with E-state index in [2.05, 4.69) is 34.9 Å². The standard InChI is InChI=1S/C16H22N4/c1-12-15(13(2)19(3)18-12)11-20-9-5-7-16(20)14-6-4-8-17-10-14/h4,6,8,10,16H,5,7,9,11H2,1-3H3. The molecule has 1 unspecified atom stereocenters. The number of nitrogens with zero attached hydrogens (tertiary/aromatic N) is 4. The topological polar surface area (TPSA) is 34.0 Å². The largest absolute Gasteiger partial charge is 0.292 e. The average molecular weight is 270 g/mol. The Morgan fingerprint density at radius 2 is 2.20 bits per heavy atom. The van der Waals surface area contributed by atoms with E-state index >= 15 is 0 Å². The molecule has 2 aromatic heterocycles. The first-order chi connectivity index (χ1) is 9.66. The number of aromatic nitrogens is 3. The molecule has 1 aliphatic rings. The van der Waals surface area contributed by atoms with Crippen LogP contribution < -0.4 is 0 Å². The molecule has 4 heteroatoms. The summed E-state index contributed by atoms with van der Waals surface area (Å²) in [5.41, 5.74) is 5.15. The third-order valence-electron chi connectivity index (χ3n) is 4.45. The van der Waals surface area contributed by atoms with Gasteiger partial charge in [0.15, 0.2) is 0 Å². The Kier molecular flexibility index (Phi) is 3.57. The van der Waals surface area contributed by atoms with Crippen LogP contribution in [0.3, 0.4) is 0 Å². The third kappa shape index (κ3) is 2.36. The molecule has 0 bridgehead atoms. The number of aryl methyl sites for hydroxylation is 2. The van der Waals surface area contributed by atoms with E-state index in [1.807, 2.05) is 30.2 Å². The summed E-state index contributed by atoms with van der Waals surface area (Å²) in [5, 5.41) is 4.53. The summed E-state index contributed by atoms with van der Waals surface area (Å²) in [6.07, 6.45) is 6.34. The molecule has 106 valence electrons. The van der Waals surface area contributed by atoms with E-state index < -0.39 is 0 Å². The molecule has 0 radical (unpaired) electrons. The number of hydrogen-bond donors (Lipinski definition) is 0. The van der Waals surface area contributed by atoms with Gasteiger partial charge in [-0.25, -0.2) is 0 Å². The predicted octanol–water partition coefficient (Wildman–Crippen LogP) is 2.77. The normalized spacial score (nSPS) is 19.6. The Labute approximate surface area is 120 Å². The molecule has 20 heavy (non-hydrogen) atoms. The highest BCUT2D eigenvalue weighted by Crippen LogP contribution is 2.33. The van der Waals surface area contributed by atoms with Crippen molar-refractivity contribution in [3.8, 4) is 0 Å². The van der Waals surface area contributed by atoms with Crippen LogP contribution in [-0.4, -0.2) is 26.2 Å². The first-order valence-electron chi connectivity index (χ1n) is 7.30. The Morgan fingerprint density at radius 1 is 1.35 bits per heavy atom. The van der Waals surface area contributed by atoms with Gasteiger partial charge in [0, 0.05) is 43.3 Å². The van der Waals surface area contributed by atoms with Crippen LogP contribution in [0.1, 0.15) is 41.4 Å². The lowest BCUT2D eigenvalue weighted by Gasteiger charge is -2.24. The summed E-state index contributed by atoms with van der Waals surface area (Å²) >= 11 is 0. The molecule has 3 rings (SSSR count). The van der Waals surface area contributed by atoms with Gasteiger partial charge < -0.3 is 0 Å². The third-order valence-corrected chi connectivity index (χ3v) is 4.45. The van der Waals surface area contributed by atoms with E-state index in [0.29, 0.717) is 6.04 Å². The van der Waals surface area contributed by atoms with E-state index in [1.54, 1.807) is 0 Å². The summed E-state index contributed by atoms with van der Waals surface area (Å²) in [5.74, 6) is 0. The maximum Gasteiger partial charge on any atom is 0.0641 e. The quantitative estimate of drug-likeness (QED) is 0.860. The smallest absolute Gasteiger partial charge is 0.0641 e. The fourth-order valence-electron chi connectivity index (χ4n) is 3.22. The summed E-state index contributed by atoms with van der Waals surface area (Å²) in [6.45, 7) is 6.42. The summed E-state index contributed by atoms with van der Waals surface area (Å²) in [4.78, 5) is 6.83. The molecule has 2 aromatic rings. The second-order valence-corrected chi connectivity index (χ2v) is 5.69. The van der Waals surface area contributed by atoms with E-state index in [0.717, 1.165) is 18.8 Å². The second kappa shape index (κ2) is 5.37. The fourth-order valence-corrected chi connectivity index (χ4v) is 3.22. The van der Waals surface area contributed by atoms with Crippen molar-refractivity contribution in [3.63, 3.8) is 0 Å². The molecule has 0 aliphatic carbocycles. The summed E-state index contributed by atoms with van der Waals surface area (Å²) in [6, 6.07) is 4.73. The average Bonchev–Trinajstić information content (AvgIpc) is 3.01. The fraction of sp³-hybridized carbons (Fsp3) is 0.500. The molecular weight excluding hydrogens is 248 g/mol. The molecule has 1 fully saturated rings. The SMILES string of the molecule is Cc1nn(C)c(C)c1CN1CCCC1c1cccnc1. The van der Waals surface area contributed by atoms with Gasteiger partial charge in [0.1, 0.15) is 0 Å². The van der Waals surface area contributed by atoms with Gasteiger partial charge in [0.25, 0.3) is 0 Å². The van der Waals surface area contributed by atoms with Gasteiger partial charge in [-0.15, -0.1) is 0 Å². The van der Waals surface area contributed by atoms with Crippen LogP contribution in [0, 0.1) is 13.8 Å². The first-order valence-corrected chi connectivity index (χ1v) is 7.30. The maximum absolute atomic E-state index is 4.53. The molecule has 4 nitrogen and oxygen atoms in total. The zero-order valence-corrected chi connectivity index (χ0v) is 12.5. The highest BCUT2D eigenvalue weighted by Gasteiger charge is 2.27. The van der Waals surface area contributed by atoms with Crippen molar-refractivity contribution in [1.29, 1.82) is 0 Å². The van der Waals surface area contributed by atoms with Crippen LogP contribution in [0.2, 0.25) is 0 Å². The number of pyridine rings is 1. The van der Waals surface area contributed by atoms with Gasteiger partial charge in [-0.2, -0.15) is 5.10 Å². The van der Waals surface area contributed by atoms with E-state index in [9.17, 15) is 0 Å². The highest BCUT2D eigenvalue weighted by molar-refractivity contribution is 5.25. The summed E-state index contributed by atoms with van der Waals surface area (Å²) in [7, 11) is 2.02. The highest BCUT2D eigenvalue weighted by atomic mass is 15.3. The molecule has 0 aromatic carbocycles. The maximum atomic E-state index is 4.53. The zero-order valence-electron chi connectivity index (χ0n) is 12.5. The molecule has 1 saturated heterocycles. The molecule has 0 amide bonds. The molecular formula is C16H22N4. The lowest BCUT2D eigenvalue weighted by molar-refractivity contribution is 0.247. The van der Waals surface area contributed by atoms with Gasteiger partial charge in [0.2, 0.25) is 0 Å². The first kappa shape index (κ1) is 13.3. The van der Waals surface area contributed by atoms with E-state index in [-0.39, 0.29) is 0 Å².